The molecule has 0 atom stereocenters. The van der Waals surface area contributed by atoms with Crippen LogP contribution in [0.1, 0.15) is 6.42 Å². The molecule has 0 fully saturated rings. The van der Waals surface area contributed by atoms with Crippen molar-refractivity contribution >= 4 is 23.1 Å². The van der Waals surface area contributed by atoms with Gasteiger partial charge in [-0.25, -0.2) is 4.79 Å². The van der Waals surface area contributed by atoms with Gasteiger partial charge in [-0.05, 0) is 6.08 Å². The highest BCUT2D eigenvalue weighted by atomic mass is 32.1. The third-order valence-corrected chi connectivity index (χ3v) is 1.62. The van der Waals surface area contributed by atoms with E-state index >= 15 is 0 Å². The van der Waals surface area contributed by atoms with Crippen molar-refractivity contribution in [3.8, 4) is 0 Å². The maximum absolute atomic E-state index is 10.4. The predicted molar refractivity (Wildman–Crippen MR) is 42.1 cm³/mol. The zero-order valence-corrected chi connectivity index (χ0v) is 6.02. The van der Waals surface area contributed by atoms with Gasteiger partial charge in [0.2, 0.25) is 0 Å². The van der Waals surface area contributed by atoms with Crippen molar-refractivity contribution in [2.75, 3.05) is 0 Å². The van der Waals surface area contributed by atoms with Crippen LogP contribution in [0.4, 0.5) is 0 Å². The standard InChI is InChI=1S/C7H6O2S/c8-7(9)5-3-1-2-4-6(5)10/h1-3H,4H2,(H,8,9). The zero-order chi connectivity index (χ0) is 7.56. The molecule has 0 heterocycles. The molecule has 0 saturated heterocycles. The second-order valence-corrected chi connectivity index (χ2v) is 2.43. The highest BCUT2D eigenvalue weighted by Gasteiger charge is 2.12. The molecule has 0 aromatic rings. The maximum Gasteiger partial charge on any atom is 0.336 e. The smallest absolute Gasteiger partial charge is 0.336 e. The van der Waals surface area contributed by atoms with Crippen LogP contribution in [0.5, 0.6) is 0 Å². The molecule has 10 heavy (non-hydrogen) atoms. The number of carbonyl (C=O) groups is 1. The van der Waals surface area contributed by atoms with Crippen molar-refractivity contribution in [3.05, 3.63) is 23.8 Å². The van der Waals surface area contributed by atoms with E-state index in [0.717, 1.165) is 0 Å². The molecular formula is C7H6O2S. The Balaban J connectivity index is 2.91. The normalized spacial score (nSPS) is 16.8. The topological polar surface area (TPSA) is 37.3 Å². The first kappa shape index (κ1) is 7.15. The van der Waals surface area contributed by atoms with E-state index in [1.165, 1.54) is 6.08 Å². The molecule has 0 saturated carbocycles. The number of rotatable bonds is 1. The second kappa shape index (κ2) is 2.75. The van der Waals surface area contributed by atoms with Crippen molar-refractivity contribution in [2.45, 2.75) is 6.42 Å². The summed E-state index contributed by atoms with van der Waals surface area (Å²) in [6.07, 6.45) is 5.65. The van der Waals surface area contributed by atoms with E-state index in [-0.39, 0.29) is 5.57 Å². The molecule has 52 valence electrons. The molecule has 1 rings (SSSR count). The number of hydrogen-bond acceptors (Lipinski definition) is 2. The van der Waals surface area contributed by atoms with Crippen molar-refractivity contribution in [3.63, 3.8) is 0 Å². The van der Waals surface area contributed by atoms with E-state index in [4.69, 9.17) is 17.3 Å². The fraction of sp³-hybridized carbons (Fsp3) is 0.143. The van der Waals surface area contributed by atoms with Gasteiger partial charge in [-0.3, -0.25) is 0 Å². The number of carboxylic acids is 1. The van der Waals surface area contributed by atoms with Gasteiger partial charge in [-0.1, -0.05) is 24.4 Å². The van der Waals surface area contributed by atoms with Gasteiger partial charge < -0.3 is 5.11 Å². The third kappa shape index (κ3) is 1.30. The Bertz CT molecular complexity index is 238. The quantitative estimate of drug-likeness (QED) is 0.579. The summed E-state index contributed by atoms with van der Waals surface area (Å²) >= 11 is 4.80. The molecule has 1 aliphatic carbocycles. The van der Waals surface area contributed by atoms with Gasteiger partial charge in [0.1, 0.15) is 0 Å². The van der Waals surface area contributed by atoms with Gasteiger partial charge in [-0.2, -0.15) is 0 Å². The van der Waals surface area contributed by atoms with Crippen LogP contribution in [-0.4, -0.2) is 15.9 Å². The lowest BCUT2D eigenvalue weighted by Gasteiger charge is -2.03. The van der Waals surface area contributed by atoms with E-state index in [2.05, 4.69) is 0 Å². The molecular weight excluding hydrogens is 148 g/mol. The van der Waals surface area contributed by atoms with Crippen LogP contribution in [0.15, 0.2) is 23.8 Å². The van der Waals surface area contributed by atoms with Crippen LogP contribution >= 0.6 is 12.2 Å². The highest BCUT2D eigenvalue weighted by Crippen LogP contribution is 2.09. The summed E-state index contributed by atoms with van der Waals surface area (Å²) in [6, 6.07) is 0. The van der Waals surface area contributed by atoms with Crippen LogP contribution < -0.4 is 0 Å². The number of thiocarbonyl (C=S) groups is 1. The molecule has 3 heteroatoms. The summed E-state index contributed by atoms with van der Waals surface area (Å²) in [4.78, 5) is 10.9. The lowest BCUT2D eigenvalue weighted by atomic mass is 10.1. The van der Waals surface area contributed by atoms with E-state index in [1.807, 2.05) is 6.08 Å². The van der Waals surface area contributed by atoms with Gasteiger partial charge in [0.15, 0.2) is 0 Å². The van der Waals surface area contributed by atoms with Crippen molar-refractivity contribution in [1.82, 2.24) is 0 Å². The molecule has 0 amide bonds. The van der Waals surface area contributed by atoms with Crippen LogP contribution in [-0.2, 0) is 4.79 Å². The molecule has 0 spiro atoms. The molecule has 1 aliphatic rings. The van der Waals surface area contributed by atoms with Gasteiger partial charge >= 0.3 is 5.97 Å². The Morgan fingerprint density at radius 2 is 2.40 bits per heavy atom. The summed E-state index contributed by atoms with van der Waals surface area (Å²) < 4.78 is 0. The number of allylic oxidation sites excluding steroid dienone is 3. The van der Waals surface area contributed by atoms with Gasteiger partial charge in [0, 0.05) is 11.3 Å². The molecule has 0 unspecified atom stereocenters. The minimum absolute atomic E-state index is 0.248. The van der Waals surface area contributed by atoms with Crippen molar-refractivity contribution < 1.29 is 9.90 Å². The average Bonchev–Trinajstić information content (AvgIpc) is 1.88. The Hall–Kier alpha value is -0.960. The first-order valence-electron chi connectivity index (χ1n) is 2.85. The molecule has 0 radical (unpaired) electrons. The second-order valence-electron chi connectivity index (χ2n) is 1.94. The zero-order valence-electron chi connectivity index (χ0n) is 5.20. The monoisotopic (exact) mass is 154 g/mol. The van der Waals surface area contributed by atoms with Gasteiger partial charge in [0.05, 0.1) is 5.57 Å². The lowest BCUT2D eigenvalue weighted by Crippen LogP contribution is -2.10. The maximum atomic E-state index is 10.4. The summed E-state index contributed by atoms with van der Waals surface area (Å²) in [6.45, 7) is 0. The van der Waals surface area contributed by atoms with Crippen molar-refractivity contribution in [1.29, 1.82) is 0 Å². The number of carboxylic acid groups (broad SMARTS) is 1. The van der Waals surface area contributed by atoms with Crippen LogP contribution in [0.2, 0.25) is 0 Å². The first-order valence-corrected chi connectivity index (χ1v) is 3.26. The minimum Gasteiger partial charge on any atom is -0.478 e. The summed E-state index contributed by atoms with van der Waals surface area (Å²) in [5.74, 6) is -0.936. The highest BCUT2D eigenvalue weighted by molar-refractivity contribution is 7.81. The fourth-order valence-corrected chi connectivity index (χ4v) is 0.984. The van der Waals surface area contributed by atoms with Crippen LogP contribution in [0, 0.1) is 0 Å². The molecule has 0 bridgehead atoms. The molecule has 0 aromatic heterocycles. The molecule has 0 aliphatic heterocycles. The van der Waals surface area contributed by atoms with Gasteiger partial charge in [0.25, 0.3) is 0 Å². The molecule has 2 nitrogen and oxygen atoms in total. The SMILES string of the molecule is O=C(O)C1=CC=CCC1=S. The van der Waals surface area contributed by atoms with E-state index in [9.17, 15) is 4.79 Å². The fourth-order valence-electron chi connectivity index (χ4n) is 0.733. The summed E-state index contributed by atoms with van der Waals surface area (Å²) in [5.41, 5.74) is 0.248. The van der Waals surface area contributed by atoms with Gasteiger partial charge in [-0.15, -0.1) is 0 Å². The van der Waals surface area contributed by atoms with E-state index < -0.39 is 5.97 Å². The average molecular weight is 154 g/mol. The predicted octanol–water partition coefficient (Wildman–Crippen LogP) is 1.33. The number of aliphatic carboxylic acids is 1. The molecule has 1 N–H and O–H groups in total. The van der Waals surface area contributed by atoms with E-state index in [0.29, 0.717) is 11.3 Å². The Labute approximate surface area is 63.9 Å². The minimum atomic E-state index is -0.936. The summed E-state index contributed by atoms with van der Waals surface area (Å²) in [5, 5.41) is 8.52. The Kier molecular flexibility index (Phi) is 1.97. The Morgan fingerprint density at radius 3 is 2.80 bits per heavy atom. The molecule has 0 aromatic carbocycles. The van der Waals surface area contributed by atoms with E-state index in [1.54, 1.807) is 6.08 Å². The lowest BCUT2D eigenvalue weighted by molar-refractivity contribution is -0.132. The van der Waals surface area contributed by atoms with Crippen LogP contribution in [0.3, 0.4) is 0 Å². The number of hydrogen-bond donors (Lipinski definition) is 1. The summed E-state index contributed by atoms with van der Waals surface area (Å²) in [7, 11) is 0. The Morgan fingerprint density at radius 1 is 1.70 bits per heavy atom. The van der Waals surface area contributed by atoms with Crippen molar-refractivity contribution in [2.24, 2.45) is 0 Å². The largest absolute Gasteiger partial charge is 0.478 e. The first-order chi connectivity index (χ1) is 4.72. The van der Waals surface area contributed by atoms with Crippen LogP contribution in [0.25, 0.3) is 0 Å². The third-order valence-electron chi connectivity index (χ3n) is 1.23.